The number of ether oxygens (including phenoxy) is 1. The van der Waals surface area contributed by atoms with E-state index in [-0.39, 0.29) is 24.7 Å². The van der Waals surface area contributed by atoms with E-state index in [2.05, 4.69) is 10.1 Å². The lowest BCUT2D eigenvalue weighted by atomic mass is 10.0. The Morgan fingerprint density at radius 1 is 1.23 bits per heavy atom. The highest BCUT2D eigenvalue weighted by molar-refractivity contribution is 6.02. The van der Waals surface area contributed by atoms with Crippen molar-refractivity contribution in [1.82, 2.24) is 4.90 Å². The average molecular weight is 361 g/mol. The number of nitrogens with zero attached hydrogens (tertiary/aromatic N) is 2. The Bertz CT molecular complexity index is 880. The van der Waals surface area contributed by atoms with Crippen molar-refractivity contribution in [3.63, 3.8) is 0 Å². The predicted octanol–water partition coefficient (Wildman–Crippen LogP) is 3.83. The van der Waals surface area contributed by atoms with E-state index >= 15 is 0 Å². The maximum atomic E-state index is 13.7. The summed E-state index contributed by atoms with van der Waals surface area (Å²) in [5.41, 5.74) is 1.89. The Kier molecular flexibility index (Phi) is 4.98. The van der Waals surface area contributed by atoms with Gasteiger partial charge >= 0.3 is 6.61 Å². The molecule has 2 aromatic carbocycles. The maximum absolute atomic E-state index is 13.7. The fourth-order valence-corrected chi connectivity index (χ4v) is 2.75. The third-order valence-electron chi connectivity index (χ3n) is 3.92. The fourth-order valence-electron chi connectivity index (χ4n) is 2.75. The third kappa shape index (κ3) is 3.72. The molecule has 1 N–H and O–H groups in total. The van der Waals surface area contributed by atoms with Crippen molar-refractivity contribution >= 4 is 11.6 Å². The molecule has 0 fully saturated rings. The third-order valence-corrected chi connectivity index (χ3v) is 3.92. The standard InChI is InChI=1S/C18H14F3N3O2/c19-13-6-12(7-14(9-13)26-18(20)21)11-2-3-15-16(8-11)23-10-24(17(15)25)5-1-4-22/h2-3,6-9,18,23H,1,5,10H2. The van der Waals surface area contributed by atoms with Crippen molar-refractivity contribution in [3.8, 4) is 22.9 Å². The molecule has 0 radical (unpaired) electrons. The molecule has 26 heavy (non-hydrogen) atoms. The van der Waals surface area contributed by atoms with Crippen LogP contribution in [0.25, 0.3) is 11.1 Å². The summed E-state index contributed by atoms with van der Waals surface area (Å²) in [6.45, 7) is -2.48. The highest BCUT2D eigenvalue weighted by Gasteiger charge is 2.24. The highest BCUT2D eigenvalue weighted by atomic mass is 19.3. The Balaban J connectivity index is 1.90. The second-order valence-corrected chi connectivity index (χ2v) is 5.63. The quantitative estimate of drug-likeness (QED) is 0.879. The van der Waals surface area contributed by atoms with Crippen LogP contribution in [0.5, 0.6) is 5.75 Å². The molecule has 0 saturated heterocycles. The van der Waals surface area contributed by atoms with Gasteiger partial charge in [-0.2, -0.15) is 14.0 Å². The molecule has 8 heteroatoms. The number of halogens is 3. The van der Waals surface area contributed by atoms with Crippen molar-refractivity contribution < 1.29 is 22.7 Å². The van der Waals surface area contributed by atoms with E-state index < -0.39 is 12.4 Å². The summed E-state index contributed by atoms with van der Waals surface area (Å²) in [7, 11) is 0. The zero-order chi connectivity index (χ0) is 18.7. The van der Waals surface area contributed by atoms with Crippen LogP contribution in [0.1, 0.15) is 16.8 Å². The lowest BCUT2D eigenvalue weighted by molar-refractivity contribution is -0.0499. The number of alkyl halides is 2. The van der Waals surface area contributed by atoms with Gasteiger partial charge in [0.1, 0.15) is 11.6 Å². The van der Waals surface area contributed by atoms with Gasteiger partial charge in [0.15, 0.2) is 0 Å². The second kappa shape index (κ2) is 7.35. The number of anilines is 1. The van der Waals surface area contributed by atoms with Crippen LogP contribution in [0, 0.1) is 17.1 Å². The minimum atomic E-state index is -3.05. The van der Waals surface area contributed by atoms with Crippen LogP contribution in [0.15, 0.2) is 36.4 Å². The van der Waals surface area contributed by atoms with Crippen LogP contribution in [-0.4, -0.2) is 30.6 Å². The van der Waals surface area contributed by atoms with Gasteiger partial charge in [0.2, 0.25) is 0 Å². The molecule has 3 rings (SSSR count). The Hall–Kier alpha value is -3.21. The molecule has 5 nitrogen and oxygen atoms in total. The first-order valence-corrected chi connectivity index (χ1v) is 7.78. The summed E-state index contributed by atoms with van der Waals surface area (Å²) in [5.74, 6) is -1.19. The summed E-state index contributed by atoms with van der Waals surface area (Å²) >= 11 is 0. The summed E-state index contributed by atoms with van der Waals surface area (Å²) in [4.78, 5) is 13.9. The highest BCUT2D eigenvalue weighted by Crippen LogP contribution is 2.31. The van der Waals surface area contributed by atoms with Gasteiger partial charge in [0, 0.05) is 18.3 Å². The Morgan fingerprint density at radius 2 is 2.04 bits per heavy atom. The van der Waals surface area contributed by atoms with Crippen molar-refractivity contribution in [2.24, 2.45) is 0 Å². The molecule has 2 aromatic rings. The maximum Gasteiger partial charge on any atom is 0.387 e. The molecular weight excluding hydrogens is 347 g/mol. The number of fused-ring (bicyclic) bond motifs is 1. The molecule has 0 aliphatic carbocycles. The van der Waals surface area contributed by atoms with Gasteiger partial charge < -0.3 is 15.0 Å². The minimum absolute atomic E-state index is 0.207. The fraction of sp³-hybridized carbons (Fsp3) is 0.222. The first-order chi connectivity index (χ1) is 12.5. The largest absolute Gasteiger partial charge is 0.435 e. The number of carbonyl (C=O) groups is 1. The van der Waals surface area contributed by atoms with Gasteiger partial charge in [0.05, 0.1) is 24.7 Å². The minimum Gasteiger partial charge on any atom is -0.435 e. The van der Waals surface area contributed by atoms with Gasteiger partial charge in [-0.1, -0.05) is 6.07 Å². The smallest absolute Gasteiger partial charge is 0.387 e. The lowest BCUT2D eigenvalue weighted by Gasteiger charge is -2.29. The van der Waals surface area contributed by atoms with Gasteiger partial charge in [-0.05, 0) is 35.4 Å². The molecule has 1 amide bonds. The van der Waals surface area contributed by atoms with E-state index in [9.17, 15) is 18.0 Å². The van der Waals surface area contributed by atoms with Crippen LogP contribution in [0.4, 0.5) is 18.9 Å². The van der Waals surface area contributed by atoms with Crippen molar-refractivity contribution in [2.75, 3.05) is 18.5 Å². The molecule has 0 bridgehead atoms. The number of hydrogen-bond acceptors (Lipinski definition) is 4. The van der Waals surface area contributed by atoms with Gasteiger partial charge in [-0.25, -0.2) is 4.39 Å². The number of hydrogen-bond donors (Lipinski definition) is 1. The van der Waals surface area contributed by atoms with Crippen LogP contribution < -0.4 is 10.1 Å². The van der Waals surface area contributed by atoms with E-state index in [0.717, 1.165) is 6.07 Å². The van der Waals surface area contributed by atoms with E-state index in [1.54, 1.807) is 18.2 Å². The molecule has 0 aromatic heterocycles. The zero-order valence-corrected chi connectivity index (χ0v) is 13.5. The summed E-state index contributed by atoms with van der Waals surface area (Å²) < 4.78 is 42.7. The molecule has 0 spiro atoms. The molecule has 1 heterocycles. The molecule has 1 aliphatic rings. The van der Waals surface area contributed by atoms with Crippen LogP contribution in [0.2, 0.25) is 0 Å². The zero-order valence-electron chi connectivity index (χ0n) is 13.5. The van der Waals surface area contributed by atoms with E-state index in [4.69, 9.17) is 5.26 Å². The first kappa shape index (κ1) is 17.6. The molecule has 0 atom stereocenters. The van der Waals surface area contributed by atoms with Crippen LogP contribution >= 0.6 is 0 Å². The van der Waals surface area contributed by atoms with Gasteiger partial charge in [-0.15, -0.1) is 0 Å². The number of nitriles is 1. The van der Waals surface area contributed by atoms with Crippen molar-refractivity contribution in [3.05, 3.63) is 47.8 Å². The number of carbonyl (C=O) groups excluding carboxylic acids is 1. The number of amides is 1. The predicted molar refractivity (Wildman–Crippen MR) is 88.2 cm³/mol. The summed E-state index contributed by atoms with van der Waals surface area (Å²) in [6, 6.07) is 10.2. The van der Waals surface area contributed by atoms with E-state index in [1.807, 2.05) is 6.07 Å². The summed E-state index contributed by atoms with van der Waals surface area (Å²) in [6.07, 6.45) is 0.233. The monoisotopic (exact) mass is 361 g/mol. The van der Waals surface area contributed by atoms with Crippen molar-refractivity contribution in [1.29, 1.82) is 5.26 Å². The lowest BCUT2D eigenvalue weighted by Crippen LogP contribution is -2.40. The molecule has 0 saturated carbocycles. The van der Waals surface area contributed by atoms with Gasteiger partial charge in [0.25, 0.3) is 5.91 Å². The molecule has 134 valence electrons. The van der Waals surface area contributed by atoms with Crippen LogP contribution in [0.3, 0.4) is 0 Å². The Morgan fingerprint density at radius 3 is 2.77 bits per heavy atom. The van der Waals surface area contributed by atoms with E-state index in [1.165, 1.54) is 17.0 Å². The normalized spacial score (nSPS) is 13.2. The molecule has 1 aliphatic heterocycles. The molecular formula is C18H14F3N3O2. The second-order valence-electron chi connectivity index (χ2n) is 5.63. The average Bonchev–Trinajstić information content (AvgIpc) is 2.60. The summed E-state index contributed by atoms with van der Waals surface area (Å²) in [5, 5.41) is 11.7. The first-order valence-electron chi connectivity index (χ1n) is 7.78. The number of nitrogens with one attached hydrogen (secondary N) is 1. The van der Waals surface area contributed by atoms with Gasteiger partial charge in [-0.3, -0.25) is 4.79 Å². The number of benzene rings is 2. The SMILES string of the molecule is N#CCCN1CNc2cc(-c3cc(F)cc(OC(F)F)c3)ccc2C1=O. The van der Waals surface area contributed by atoms with Crippen LogP contribution in [-0.2, 0) is 0 Å². The van der Waals surface area contributed by atoms with E-state index in [0.29, 0.717) is 28.9 Å². The Labute approximate surface area is 147 Å². The molecule has 0 unspecified atom stereocenters. The number of rotatable bonds is 5. The topological polar surface area (TPSA) is 65.4 Å². The van der Waals surface area contributed by atoms with Crippen molar-refractivity contribution in [2.45, 2.75) is 13.0 Å².